The molecule has 0 radical (unpaired) electrons. The number of aromatic carboxylic acids is 1. The van der Waals surface area contributed by atoms with Crippen LogP contribution in [0.2, 0.25) is 5.02 Å². The van der Waals surface area contributed by atoms with Crippen LogP contribution in [0.15, 0.2) is 48.5 Å². The Bertz CT molecular complexity index is 1390. The predicted molar refractivity (Wildman–Crippen MR) is 132 cm³/mol. The van der Waals surface area contributed by atoms with Crippen molar-refractivity contribution >= 4 is 23.4 Å². The van der Waals surface area contributed by atoms with E-state index in [1.165, 1.54) is 6.07 Å². The number of piperidine rings is 1. The van der Waals surface area contributed by atoms with Crippen LogP contribution in [0, 0.1) is 6.92 Å². The molecule has 0 amide bonds. The van der Waals surface area contributed by atoms with Crippen LogP contribution >= 0.6 is 11.6 Å². The molecular weight excluding hydrogens is 487 g/mol. The van der Waals surface area contributed by atoms with Crippen molar-refractivity contribution in [1.82, 2.24) is 9.88 Å². The summed E-state index contributed by atoms with van der Waals surface area (Å²) in [4.78, 5) is 25.5. The third kappa shape index (κ3) is 3.94. The molecule has 36 heavy (non-hydrogen) atoms. The Morgan fingerprint density at radius 2 is 1.97 bits per heavy atom. The minimum atomic E-state index is -2.44. The van der Waals surface area contributed by atoms with Gasteiger partial charge in [-0.3, -0.25) is 10.1 Å². The number of halogens is 2. The van der Waals surface area contributed by atoms with Crippen LogP contribution in [0.1, 0.15) is 58.8 Å². The molecule has 1 aromatic heterocycles. The highest BCUT2D eigenvalue weighted by atomic mass is 35.5. The molecule has 0 aliphatic carbocycles. The first-order chi connectivity index (χ1) is 17.0. The van der Waals surface area contributed by atoms with Crippen molar-refractivity contribution in [2.24, 2.45) is 0 Å². The van der Waals surface area contributed by atoms with Crippen LogP contribution in [0.25, 0.3) is 5.69 Å². The van der Waals surface area contributed by atoms with Crippen molar-refractivity contribution in [2.75, 3.05) is 6.54 Å². The van der Waals surface area contributed by atoms with E-state index in [1.807, 2.05) is 13.8 Å². The highest BCUT2D eigenvalue weighted by Crippen LogP contribution is 2.49. The Labute approximate surface area is 212 Å². The van der Waals surface area contributed by atoms with Gasteiger partial charge in [-0.15, -0.1) is 0 Å². The van der Waals surface area contributed by atoms with Gasteiger partial charge >= 0.3 is 5.97 Å². The van der Waals surface area contributed by atoms with E-state index in [1.54, 1.807) is 54.0 Å². The quantitative estimate of drug-likeness (QED) is 0.349. The summed E-state index contributed by atoms with van der Waals surface area (Å²) in [5.41, 5.74) is 0.632. The molecule has 2 atom stereocenters. The Kier molecular flexibility index (Phi) is 5.84. The van der Waals surface area contributed by atoms with Gasteiger partial charge in [0.25, 0.3) is 0 Å². The van der Waals surface area contributed by atoms with Crippen LogP contribution in [-0.2, 0) is 5.60 Å². The number of nitrogens with one attached hydrogen (secondary N) is 1. The van der Waals surface area contributed by atoms with Gasteiger partial charge in [0.2, 0.25) is 11.6 Å². The average molecular weight is 513 g/mol. The molecule has 5 rings (SSSR count). The molecule has 1 saturated heterocycles. The topological polar surface area (TPSA) is 89.8 Å². The number of Topliss-reactive ketones (excluding diaryl/α,β-unsaturated/α-hetero) is 1. The number of carbonyl (C=O) groups is 2. The lowest BCUT2D eigenvalue weighted by molar-refractivity contribution is -0.0525. The van der Waals surface area contributed by atoms with Gasteiger partial charge in [-0.05, 0) is 68.8 Å². The minimum Gasteiger partial charge on any atom is -0.491 e. The molecule has 188 valence electrons. The fourth-order valence-corrected chi connectivity index (χ4v) is 5.28. The van der Waals surface area contributed by atoms with Crippen molar-refractivity contribution in [3.8, 4) is 17.2 Å². The maximum atomic E-state index is 16.5. The monoisotopic (exact) mass is 512 g/mol. The summed E-state index contributed by atoms with van der Waals surface area (Å²) in [5, 5.41) is 12.9. The number of aryl methyl sites for hydroxylation is 1. The van der Waals surface area contributed by atoms with E-state index in [9.17, 15) is 14.7 Å². The average Bonchev–Trinajstić information content (AvgIpc) is 3.26. The van der Waals surface area contributed by atoms with Gasteiger partial charge in [0.15, 0.2) is 5.60 Å². The number of aromatic nitrogens is 1. The van der Waals surface area contributed by atoms with Crippen molar-refractivity contribution in [1.29, 1.82) is 0 Å². The van der Waals surface area contributed by atoms with Crippen molar-refractivity contribution in [3.63, 3.8) is 0 Å². The normalized spacial score (nSPS) is 22.6. The molecule has 1 fully saturated rings. The zero-order valence-corrected chi connectivity index (χ0v) is 20.9. The predicted octanol–water partition coefficient (Wildman–Crippen LogP) is 5.44. The summed E-state index contributed by atoms with van der Waals surface area (Å²) in [6, 6.07) is 12.8. The molecule has 3 heterocycles. The molecule has 3 aromatic rings. The molecule has 2 aliphatic rings. The largest absolute Gasteiger partial charge is 0.491 e. The molecule has 2 aliphatic heterocycles. The third-order valence-electron chi connectivity index (χ3n) is 6.66. The summed E-state index contributed by atoms with van der Waals surface area (Å²) in [5.74, 6) is -3.34. The maximum Gasteiger partial charge on any atom is 0.352 e. The number of alkyl halides is 1. The number of benzene rings is 2. The SMILES string of the molecule is Cc1cc(C(=O)C2(F)CC3(CCN2)Oc2cc(Cl)ccc2-n2c(C(=O)O)ccc23)ccc1OC(C)C. The van der Waals surface area contributed by atoms with Gasteiger partial charge in [-0.25, -0.2) is 9.18 Å². The molecule has 1 spiro atoms. The lowest BCUT2D eigenvalue weighted by Crippen LogP contribution is -2.60. The molecule has 0 bridgehead atoms. The lowest BCUT2D eigenvalue weighted by Gasteiger charge is -2.46. The van der Waals surface area contributed by atoms with E-state index in [4.69, 9.17) is 21.1 Å². The molecule has 7 nitrogen and oxygen atoms in total. The Hall–Kier alpha value is -3.36. The second-order valence-corrected chi connectivity index (χ2v) is 10.0. The summed E-state index contributed by atoms with van der Waals surface area (Å²) >= 11 is 6.20. The highest BCUT2D eigenvalue weighted by Gasteiger charge is 2.55. The zero-order valence-electron chi connectivity index (χ0n) is 20.1. The summed E-state index contributed by atoms with van der Waals surface area (Å²) < 4.78 is 30.2. The van der Waals surface area contributed by atoms with Crippen molar-refractivity contribution in [2.45, 2.75) is 51.1 Å². The van der Waals surface area contributed by atoms with Crippen LogP contribution in [0.5, 0.6) is 11.5 Å². The molecule has 2 unspecified atom stereocenters. The first-order valence-corrected chi connectivity index (χ1v) is 12.1. The van der Waals surface area contributed by atoms with Gasteiger partial charge in [0.1, 0.15) is 17.2 Å². The Morgan fingerprint density at radius 1 is 1.19 bits per heavy atom. The zero-order chi connectivity index (χ0) is 25.8. The van der Waals surface area contributed by atoms with Crippen LogP contribution in [0.4, 0.5) is 4.39 Å². The number of carboxylic acid groups (broad SMARTS) is 1. The fraction of sp³-hybridized carbons (Fsp3) is 0.333. The maximum absolute atomic E-state index is 16.5. The second-order valence-electron chi connectivity index (χ2n) is 9.58. The van der Waals surface area contributed by atoms with E-state index in [2.05, 4.69) is 5.32 Å². The van der Waals surface area contributed by atoms with Crippen LogP contribution in [-0.4, -0.2) is 39.9 Å². The number of ketones is 1. The minimum absolute atomic E-state index is 0.0157. The molecule has 2 aromatic carbocycles. The van der Waals surface area contributed by atoms with Gasteiger partial charge in [0, 0.05) is 36.0 Å². The second kappa shape index (κ2) is 8.64. The number of carboxylic acids is 1. The van der Waals surface area contributed by atoms with Crippen LogP contribution < -0.4 is 14.8 Å². The third-order valence-corrected chi connectivity index (χ3v) is 6.89. The van der Waals surface area contributed by atoms with E-state index in [0.717, 1.165) is 5.56 Å². The number of carbonyl (C=O) groups excluding carboxylic acids is 1. The number of nitrogens with zero attached hydrogens (tertiary/aromatic N) is 1. The number of fused-ring (bicyclic) bond motifs is 4. The summed E-state index contributed by atoms with van der Waals surface area (Å²) in [6.07, 6.45) is -0.0670. The lowest BCUT2D eigenvalue weighted by atomic mass is 9.79. The first-order valence-electron chi connectivity index (χ1n) is 11.7. The standard InChI is InChI=1S/C27H26ClFN2O5/c1-15(2)35-21-8-4-17(12-16(21)3)24(32)27(29)14-26(10-11-30-27)23-9-7-20(25(33)34)31(23)19-6-5-18(28)13-22(19)36-26/h4-9,12-13,15,30H,10-11,14H2,1-3H3,(H,33,34). The summed E-state index contributed by atoms with van der Waals surface area (Å²) in [7, 11) is 0. The Morgan fingerprint density at radius 3 is 2.67 bits per heavy atom. The van der Waals surface area contributed by atoms with Crippen molar-refractivity contribution < 1.29 is 28.6 Å². The molecule has 0 saturated carbocycles. The Balaban J connectivity index is 1.55. The number of hydrogen-bond acceptors (Lipinski definition) is 5. The number of hydrogen-bond donors (Lipinski definition) is 2. The number of ether oxygens (including phenoxy) is 2. The molecule has 9 heteroatoms. The van der Waals surface area contributed by atoms with Gasteiger partial charge in [-0.2, -0.15) is 0 Å². The van der Waals surface area contributed by atoms with E-state index in [0.29, 0.717) is 34.3 Å². The van der Waals surface area contributed by atoms with E-state index in [-0.39, 0.29) is 30.3 Å². The van der Waals surface area contributed by atoms with Gasteiger partial charge < -0.3 is 19.1 Å². The van der Waals surface area contributed by atoms with Crippen molar-refractivity contribution in [3.05, 3.63) is 76.1 Å². The summed E-state index contributed by atoms with van der Waals surface area (Å²) in [6.45, 7) is 5.75. The molecule has 2 N–H and O–H groups in total. The number of rotatable bonds is 5. The van der Waals surface area contributed by atoms with Gasteiger partial charge in [-0.1, -0.05) is 11.6 Å². The molecular formula is C27H26ClFN2O5. The smallest absolute Gasteiger partial charge is 0.352 e. The van der Waals surface area contributed by atoms with E-state index < -0.39 is 23.1 Å². The first kappa shape index (κ1) is 24.3. The van der Waals surface area contributed by atoms with Gasteiger partial charge in [0.05, 0.1) is 17.5 Å². The highest BCUT2D eigenvalue weighted by molar-refractivity contribution is 6.30. The van der Waals surface area contributed by atoms with E-state index >= 15 is 4.39 Å². The fourth-order valence-electron chi connectivity index (χ4n) is 5.11. The van der Waals surface area contributed by atoms with Crippen LogP contribution in [0.3, 0.4) is 0 Å².